The Kier molecular flexibility index (Phi) is 8.78. The van der Waals surface area contributed by atoms with Gasteiger partial charge >= 0.3 is 0 Å². The predicted molar refractivity (Wildman–Crippen MR) is 140 cm³/mol. The Morgan fingerprint density at radius 2 is 1.72 bits per heavy atom. The molecular weight excluding hydrogens is 456 g/mol. The number of hydrogen-bond donors (Lipinski definition) is 1. The van der Waals surface area contributed by atoms with E-state index in [1.54, 1.807) is 18.9 Å². The Balaban J connectivity index is 1.15. The zero-order valence-electron chi connectivity index (χ0n) is 21.4. The largest absolute Gasteiger partial charge is 0.497 e. The molecule has 2 heterocycles. The summed E-state index contributed by atoms with van der Waals surface area (Å²) in [5.41, 5.74) is 3.38. The minimum atomic E-state index is -0.168. The quantitative estimate of drug-likeness (QED) is 0.412. The molecule has 1 aromatic heterocycles. The predicted octanol–water partition coefficient (Wildman–Crippen LogP) is 2.98. The minimum Gasteiger partial charge on any atom is -0.497 e. The maximum atomic E-state index is 12.6. The lowest BCUT2D eigenvalue weighted by atomic mass is 10.2. The van der Waals surface area contributed by atoms with Gasteiger partial charge in [-0.2, -0.15) is 0 Å². The Bertz CT molecular complexity index is 1120. The van der Waals surface area contributed by atoms with E-state index < -0.39 is 0 Å². The summed E-state index contributed by atoms with van der Waals surface area (Å²) in [7, 11) is 3.37. The van der Waals surface area contributed by atoms with Crippen molar-refractivity contribution in [1.29, 1.82) is 0 Å². The molecule has 1 saturated heterocycles. The molecule has 0 radical (unpaired) electrons. The van der Waals surface area contributed by atoms with Gasteiger partial charge in [0.25, 0.3) is 5.91 Å². The number of methoxy groups -OCH3 is 2. The molecule has 1 fully saturated rings. The van der Waals surface area contributed by atoms with Gasteiger partial charge in [0.1, 0.15) is 11.5 Å². The smallest absolute Gasteiger partial charge is 0.273 e. The third-order valence-electron chi connectivity index (χ3n) is 6.67. The van der Waals surface area contributed by atoms with Crippen LogP contribution in [0.3, 0.4) is 0 Å². The van der Waals surface area contributed by atoms with Crippen LogP contribution < -0.4 is 19.7 Å². The third kappa shape index (κ3) is 6.34. The minimum absolute atomic E-state index is 0.168. The highest BCUT2D eigenvalue weighted by Crippen LogP contribution is 2.28. The highest BCUT2D eigenvalue weighted by molar-refractivity contribution is 5.93. The first kappa shape index (κ1) is 25.5. The number of amides is 1. The first-order chi connectivity index (χ1) is 17.6. The highest BCUT2D eigenvalue weighted by Gasteiger charge is 2.19. The molecule has 1 aliphatic rings. The van der Waals surface area contributed by atoms with Gasteiger partial charge in [-0.25, -0.2) is 4.68 Å². The Morgan fingerprint density at radius 1 is 0.972 bits per heavy atom. The van der Waals surface area contributed by atoms with Crippen molar-refractivity contribution in [3.05, 3.63) is 65.5 Å². The zero-order valence-corrected chi connectivity index (χ0v) is 21.4. The van der Waals surface area contributed by atoms with Crippen molar-refractivity contribution >= 4 is 11.6 Å². The van der Waals surface area contributed by atoms with Gasteiger partial charge in [0, 0.05) is 32.7 Å². The van der Waals surface area contributed by atoms with Crippen LogP contribution >= 0.6 is 0 Å². The summed E-state index contributed by atoms with van der Waals surface area (Å²) in [4.78, 5) is 17.5. The number of hydrogen-bond acceptors (Lipinski definition) is 7. The Hall–Kier alpha value is -3.59. The molecule has 4 rings (SSSR count). The topological polar surface area (TPSA) is 84.7 Å². The highest BCUT2D eigenvalue weighted by atomic mass is 16.5. The monoisotopic (exact) mass is 492 g/mol. The summed E-state index contributed by atoms with van der Waals surface area (Å²) in [5, 5.41) is 11.3. The van der Waals surface area contributed by atoms with Crippen molar-refractivity contribution in [2.24, 2.45) is 0 Å². The van der Waals surface area contributed by atoms with E-state index in [4.69, 9.17) is 9.47 Å². The van der Waals surface area contributed by atoms with Crippen LogP contribution in [0.5, 0.6) is 11.5 Å². The number of nitrogens with zero attached hydrogens (tertiary/aromatic N) is 5. The van der Waals surface area contributed by atoms with E-state index in [1.807, 2.05) is 43.3 Å². The molecule has 192 valence electrons. The molecule has 0 unspecified atom stereocenters. The second-order valence-electron chi connectivity index (χ2n) is 8.99. The summed E-state index contributed by atoms with van der Waals surface area (Å²) in [5.74, 6) is 1.57. The number of unbranched alkanes of at least 4 members (excludes halogenated alkanes) is 1. The van der Waals surface area contributed by atoms with Crippen LogP contribution in [0.25, 0.3) is 0 Å². The molecule has 9 heteroatoms. The maximum Gasteiger partial charge on any atom is 0.273 e. The lowest BCUT2D eigenvalue weighted by molar-refractivity contribution is 0.0946. The van der Waals surface area contributed by atoms with Gasteiger partial charge in [-0.15, -0.1) is 5.10 Å². The summed E-state index contributed by atoms with van der Waals surface area (Å²) in [6.45, 7) is 8.13. The standard InChI is InChI=1S/C27H36N6O3/c1-21-26(29-30-33(21)20-22-10-12-23(35-2)13-11-22)27(34)28-14-6-7-15-31-16-18-32(19-17-31)24-8-4-5-9-25(24)36-3/h4-5,8-13H,6-7,14-20H2,1-3H3,(H,28,34). The number of benzene rings is 2. The van der Waals surface area contributed by atoms with Crippen LogP contribution in [0.15, 0.2) is 48.5 Å². The van der Waals surface area contributed by atoms with E-state index in [1.165, 1.54) is 5.69 Å². The molecule has 0 aliphatic carbocycles. The summed E-state index contributed by atoms with van der Waals surface area (Å²) < 4.78 is 12.5. The molecular formula is C27H36N6O3. The van der Waals surface area contributed by atoms with Crippen LogP contribution in [0, 0.1) is 6.92 Å². The fraction of sp³-hybridized carbons (Fsp3) is 0.444. The van der Waals surface area contributed by atoms with Gasteiger partial charge in [0.15, 0.2) is 5.69 Å². The lowest BCUT2D eigenvalue weighted by Crippen LogP contribution is -2.46. The number of piperazine rings is 1. The van der Waals surface area contributed by atoms with Crippen LogP contribution in [-0.4, -0.2) is 79.3 Å². The zero-order chi connectivity index (χ0) is 25.3. The van der Waals surface area contributed by atoms with Crippen LogP contribution in [0.2, 0.25) is 0 Å². The summed E-state index contributed by atoms with van der Waals surface area (Å²) >= 11 is 0. The SMILES string of the molecule is COc1ccc(Cn2nnc(C(=O)NCCCCN3CCN(c4ccccc4OC)CC3)c2C)cc1. The number of nitrogens with one attached hydrogen (secondary N) is 1. The second kappa shape index (κ2) is 12.4. The average molecular weight is 493 g/mol. The van der Waals surface area contributed by atoms with Crippen molar-refractivity contribution in [3.8, 4) is 11.5 Å². The maximum absolute atomic E-state index is 12.6. The molecule has 9 nitrogen and oxygen atoms in total. The first-order valence-electron chi connectivity index (χ1n) is 12.5. The van der Waals surface area contributed by atoms with Gasteiger partial charge in [-0.3, -0.25) is 9.69 Å². The number of rotatable bonds is 11. The number of para-hydroxylation sites is 2. The number of carbonyl (C=O) groups is 1. The van der Waals surface area contributed by atoms with Gasteiger partial charge in [0.2, 0.25) is 0 Å². The normalized spacial score (nSPS) is 14.0. The van der Waals surface area contributed by atoms with Gasteiger partial charge < -0.3 is 19.7 Å². The van der Waals surface area contributed by atoms with Gasteiger partial charge in [-0.1, -0.05) is 29.5 Å². The van der Waals surface area contributed by atoms with Crippen molar-refractivity contribution < 1.29 is 14.3 Å². The van der Waals surface area contributed by atoms with Crippen LogP contribution in [0.1, 0.15) is 34.6 Å². The van der Waals surface area contributed by atoms with E-state index in [0.29, 0.717) is 18.8 Å². The molecule has 2 aromatic carbocycles. The molecule has 0 atom stereocenters. The fourth-order valence-corrected chi connectivity index (χ4v) is 4.47. The second-order valence-corrected chi connectivity index (χ2v) is 8.99. The molecule has 0 saturated carbocycles. The van der Waals surface area contributed by atoms with Crippen LogP contribution in [-0.2, 0) is 6.54 Å². The summed E-state index contributed by atoms with van der Waals surface area (Å²) in [6, 6.07) is 16.0. The van der Waals surface area contributed by atoms with Crippen molar-refractivity contribution in [2.75, 3.05) is 58.4 Å². The third-order valence-corrected chi connectivity index (χ3v) is 6.67. The Morgan fingerprint density at radius 3 is 2.44 bits per heavy atom. The molecule has 1 amide bonds. The van der Waals surface area contributed by atoms with E-state index in [9.17, 15) is 4.79 Å². The van der Waals surface area contributed by atoms with Gasteiger partial charge in [-0.05, 0) is 56.1 Å². The van der Waals surface area contributed by atoms with Crippen molar-refractivity contribution in [2.45, 2.75) is 26.3 Å². The Labute approximate surface area is 213 Å². The van der Waals surface area contributed by atoms with E-state index >= 15 is 0 Å². The molecule has 1 aliphatic heterocycles. The number of aromatic nitrogens is 3. The fourth-order valence-electron chi connectivity index (χ4n) is 4.47. The molecule has 3 aromatic rings. The average Bonchev–Trinajstić information content (AvgIpc) is 3.28. The summed E-state index contributed by atoms with van der Waals surface area (Å²) in [6.07, 6.45) is 1.97. The first-order valence-corrected chi connectivity index (χ1v) is 12.5. The number of carbonyl (C=O) groups excluding carboxylic acids is 1. The lowest BCUT2D eigenvalue weighted by Gasteiger charge is -2.36. The van der Waals surface area contributed by atoms with E-state index in [-0.39, 0.29) is 5.91 Å². The number of ether oxygens (including phenoxy) is 2. The van der Waals surface area contributed by atoms with Gasteiger partial charge in [0.05, 0.1) is 32.1 Å². The van der Waals surface area contributed by atoms with E-state index in [0.717, 1.165) is 68.3 Å². The van der Waals surface area contributed by atoms with E-state index in [2.05, 4.69) is 37.6 Å². The van der Waals surface area contributed by atoms with Crippen molar-refractivity contribution in [3.63, 3.8) is 0 Å². The molecule has 0 bridgehead atoms. The van der Waals surface area contributed by atoms with Crippen LogP contribution in [0.4, 0.5) is 5.69 Å². The molecule has 1 N–H and O–H groups in total. The number of anilines is 1. The van der Waals surface area contributed by atoms with Crippen molar-refractivity contribution in [1.82, 2.24) is 25.2 Å². The molecule has 0 spiro atoms. The molecule has 36 heavy (non-hydrogen) atoms.